The van der Waals surface area contributed by atoms with Crippen molar-refractivity contribution in [2.75, 3.05) is 7.05 Å². The second kappa shape index (κ2) is 8.11. The van der Waals surface area contributed by atoms with Gasteiger partial charge in [-0.1, -0.05) is 15.9 Å². The van der Waals surface area contributed by atoms with E-state index in [0.717, 1.165) is 17.3 Å². The average Bonchev–Trinajstić information content (AvgIpc) is 3.21. The van der Waals surface area contributed by atoms with Crippen LogP contribution < -0.4 is 10.5 Å². The van der Waals surface area contributed by atoms with Crippen molar-refractivity contribution in [3.8, 4) is 5.75 Å². The zero-order valence-corrected chi connectivity index (χ0v) is 15.3. The molecule has 1 fully saturated rings. The van der Waals surface area contributed by atoms with Crippen LogP contribution in [-0.2, 0) is 6.54 Å². The Morgan fingerprint density at radius 2 is 2.19 bits per heavy atom. The molecule has 0 aliphatic heterocycles. The van der Waals surface area contributed by atoms with E-state index >= 15 is 0 Å². The molecular formula is C13H17BrF2IN3O. The first-order valence-electron chi connectivity index (χ1n) is 6.23. The number of rotatable bonds is 5. The summed E-state index contributed by atoms with van der Waals surface area (Å²) >= 11 is 3.30. The lowest BCUT2D eigenvalue weighted by Gasteiger charge is -2.17. The summed E-state index contributed by atoms with van der Waals surface area (Å²) < 4.78 is 29.9. The van der Waals surface area contributed by atoms with Crippen LogP contribution in [0.4, 0.5) is 8.78 Å². The highest BCUT2D eigenvalue weighted by Crippen LogP contribution is 2.27. The molecule has 1 aliphatic carbocycles. The van der Waals surface area contributed by atoms with Crippen molar-refractivity contribution >= 4 is 45.9 Å². The Morgan fingerprint density at radius 1 is 1.52 bits per heavy atom. The van der Waals surface area contributed by atoms with Crippen molar-refractivity contribution in [3.05, 3.63) is 28.2 Å². The van der Waals surface area contributed by atoms with E-state index in [1.54, 1.807) is 12.1 Å². The lowest BCUT2D eigenvalue weighted by molar-refractivity contribution is -0.0504. The molecule has 0 aromatic heterocycles. The fraction of sp³-hybridized carbons (Fsp3) is 0.462. The van der Waals surface area contributed by atoms with E-state index in [2.05, 4.69) is 25.7 Å². The number of benzene rings is 1. The maximum Gasteiger partial charge on any atom is 0.387 e. The van der Waals surface area contributed by atoms with Crippen LogP contribution in [0.3, 0.4) is 0 Å². The number of hydrogen-bond acceptors (Lipinski definition) is 2. The lowest BCUT2D eigenvalue weighted by Crippen LogP contribution is -2.35. The molecule has 1 saturated carbocycles. The predicted octanol–water partition coefficient (Wildman–Crippen LogP) is 3.58. The number of halogens is 4. The van der Waals surface area contributed by atoms with Gasteiger partial charge in [0.2, 0.25) is 0 Å². The van der Waals surface area contributed by atoms with E-state index in [1.165, 1.54) is 6.07 Å². The van der Waals surface area contributed by atoms with Crippen LogP contribution in [0.25, 0.3) is 0 Å². The van der Waals surface area contributed by atoms with Crippen LogP contribution in [0, 0.1) is 0 Å². The number of ether oxygens (including phenoxy) is 1. The smallest absolute Gasteiger partial charge is 0.387 e. The molecule has 0 atom stereocenters. The van der Waals surface area contributed by atoms with E-state index in [1.807, 2.05) is 11.9 Å². The van der Waals surface area contributed by atoms with Gasteiger partial charge in [-0.2, -0.15) is 8.78 Å². The largest absolute Gasteiger partial charge is 0.434 e. The molecule has 0 amide bonds. The van der Waals surface area contributed by atoms with Gasteiger partial charge in [0.25, 0.3) is 0 Å². The lowest BCUT2D eigenvalue weighted by atomic mass is 10.2. The molecule has 0 saturated heterocycles. The van der Waals surface area contributed by atoms with E-state index in [9.17, 15) is 8.78 Å². The maximum absolute atomic E-state index is 12.3. The summed E-state index contributed by atoms with van der Waals surface area (Å²) in [6.45, 7) is -2.66. The van der Waals surface area contributed by atoms with Crippen molar-refractivity contribution in [3.63, 3.8) is 0 Å². The van der Waals surface area contributed by atoms with Crippen molar-refractivity contribution < 1.29 is 13.5 Å². The number of nitrogens with two attached hydrogens (primary N) is 1. The third-order valence-electron chi connectivity index (χ3n) is 3.11. The van der Waals surface area contributed by atoms with Crippen LogP contribution in [0.1, 0.15) is 18.4 Å². The second-order valence-corrected chi connectivity index (χ2v) is 5.56. The summed E-state index contributed by atoms with van der Waals surface area (Å²) in [7, 11) is 1.88. The Bertz CT molecular complexity index is 512. The standard InChI is InChI=1S/C13H16BrF2N3O.HI/c1-19(10-3-4-10)13(17)18-7-8-6-9(14)2-5-11(8)20-12(15)16;/h2,5-6,10,12H,3-4,7H2,1H3,(H2,17,18);1H. The summed E-state index contributed by atoms with van der Waals surface area (Å²) in [6, 6.07) is 5.29. The monoisotopic (exact) mass is 475 g/mol. The first-order valence-corrected chi connectivity index (χ1v) is 7.02. The zero-order chi connectivity index (χ0) is 14.7. The van der Waals surface area contributed by atoms with Crippen molar-refractivity contribution in [2.45, 2.75) is 32.0 Å². The van der Waals surface area contributed by atoms with Crippen LogP contribution >= 0.6 is 39.9 Å². The van der Waals surface area contributed by atoms with Crippen molar-refractivity contribution in [1.82, 2.24) is 4.90 Å². The Kier molecular flexibility index (Phi) is 7.11. The van der Waals surface area contributed by atoms with Crippen LogP contribution in [0.2, 0.25) is 0 Å². The third-order valence-corrected chi connectivity index (χ3v) is 3.60. The Hall–Kier alpha value is -0.640. The molecule has 21 heavy (non-hydrogen) atoms. The molecule has 4 nitrogen and oxygen atoms in total. The number of nitrogens with zero attached hydrogens (tertiary/aromatic N) is 2. The van der Waals surface area contributed by atoms with Gasteiger partial charge in [-0.05, 0) is 31.0 Å². The van der Waals surface area contributed by atoms with Gasteiger partial charge in [0.05, 0.1) is 6.54 Å². The van der Waals surface area contributed by atoms with Gasteiger partial charge in [-0.3, -0.25) is 0 Å². The number of aliphatic imine (C=N–C) groups is 1. The molecule has 118 valence electrons. The summed E-state index contributed by atoms with van der Waals surface area (Å²) in [6.07, 6.45) is 2.23. The van der Waals surface area contributed by atoms with Crippen LogP contribution in [-0.4, -0.2) is 30.6 Å². The predicted molar refractivity (Wildman–Crippen MR) is 92.3 cm³/mol. The van der Waals surface area contributed by atoms with E-state index in [-0.39, 0.29) is 36.3 Å². The first-order chi connectivity index (χ1) is 9.47. The highest BCUT2D eigenvalue weighted by atomic mass is 127. The summed E-state index contributed by atoms with van der Waals surface area (Å²) in [4.78, 5) is 6.15. The topological polar surface area (TPSA) is 50.8 Å². The fourth-order valence-electron chi connectivity index (χ4n) is 1.81. The minimum atomic E-state index is -2.86. The normalized spacial score (nSPS) is 14.8. The summed E-state index contributed by atoms with van der Waals surface area (Å²) in [5, 5.41) is 0. The summed E-state index contributed by atoms with van der Waals surface area (Å²) in [5.41, 5.74) is 6.43. The van der Waals surface area contributed by atoms with Crippen molar-refractivity contribution in [1.29, 1.82) is 0 Å². The van der Waals surface area contributed by atoms with Gasteiger partial charge in [0.1, 0.15) is 5.75 Å². The van der Waals surface area contributed by atoms with Crippen LogP contribution in [0.5, 0.6) is 5.75 Å². The molecular weight excluding hydrogens is 459 g/mol. The van der Waals surface area contributed by atoms with Crippen molar-refractivity contribution in [2.24, 2.45) is 10.7 Å². The van der Waals surface area contributed by atoms with E-state index < -0.39 is 6.61 Å². The molecule has 0 unspecified atom stereocenters. The Labute approximate surface area is 147 Å². The van der Waals surface area contributed by atoms with E-state index in [0.29, 0.717) is 17.6 Å². The maximum atomic E-state index is 12.3. The fourth-order valence-corrected chi connectivity index (χ4v) is 2.22. The Balaban J connectivity index is 0.00000220. The summed E-state index contributed by atoms with van der Waals surface area (Å²) in [5.74, 6) is 0.532. The molecule has 0 radical (unpaired) electrons. The minimum absolute atomic E-state index is 0. The molecule has 2 N–H and O–H groups in total. The van der Waals surface area contributed by atoms with E-state index in [4.69, 9.17) is 5.73 Å². The molecule has 0 heterocycles. The second-order valence-electron chi connectivity index (χ2n) is 4.65. The molecule has 0 bridgehead atoms. The third kappa shape index (κ3) is 5.57. The molecule has 2 rings (SSSR count). The molecule has 1 aromatic carbocycles. The molecule has 0 spiro atoms. The highest BCUT2D eigenvalue weighted by molar-refractivity contribution is 14.0. The number of alkyl halides is 2. The first kappa shape index (κ1) is 18.4. The average molecular weight is 476 g/mol. The van der Waals surface area contributed by atoms with Gasteiger partial charge in [0.15, 0.2) is 5.96 Å². The highest BCUT2D eigenvalue weighted by Gasteiger charge is 2.27. The molecule has 1 aromatic rings. The van der Waals surface area contributed by atoms with Crippen LogP contribution in [0.15, 0.2) is 27.7 Å². The Morgan fingerprint density at radius 3 is 2.76 bits per heavy atom. The van der Waals surface area contributed by atoms with Gasteiger partial charge in [0, 0.05) is 23.1 Å². The molecule has 1 aliphatic rings. The quantitative estimate of drug-likeness (QED) is 0.402. The van der Waals surface area contributed by atoms with Gasteiger partial charge < -0.3 is 15.4 Å². The minimum Gasteiger partial charge on any atom is -0.434 e. The molecule has 8 heteroatoms. The SMILES string of the molecule is CN(C(N)=NCc1cc(Br)ccc1OC(F)F)C1CC1.I. The number of guanidine groups is 1. The van der Waals surface area contributed by atoms with Gasteiger partial charge in [-0.25, -0.2) is 4.99 Å². The number of hydrogen-bond donors (Lipinski definition) is 1. The van der Waals surface area contributed by atoms with Gasteiger partial charge >= 0.3 is 6.61 Å². The van der Waals surface area contributed by atoms with Gasteiger partial charge in [-0.15, -0.1) is 24.0 Å². The zero-order valence-electron chi connectivity index (χ0n) is 11.4.